The van der Waals surface area contributed by atoms with Crippen molar-refractivity contribution in [1.82, 2.24) is 9.80 Å². The Labute approximate surface area is 203 Å². The van der Waals surface area contributed by atoms with E-state index in [1.165, 1.54) is 10.5 Å². The summed E-state index contributed by atoms with van der Waals surface area (Å²) in [7, 11) is 3.67. The van der Waals surface area contributed by atoms with Crippen LogP contribution in [-0.2, 0) is 18.4 Å². The number of nitrogens with zero attached hydrogens (tertiary/aromatic N) is 2. The summed E-state index contributed by atoms with van der Waals surface area (Å²) in [6, 6.07) is 13.4. The normalized spacial score (nSPS) is 33.4. The maximum atomic E-state index is 13.5. The molecular weight excluding hydrogens is 457 g/mol. The molecule has 35 heavy (non-hydrogen) atoms. The van der Waals surface area contributed by atoms with Crippen LogP contribution < -0.4 is 9.47 Å². The summed E-state index contributed by atoms with van der Waals surface area (Å²) in [5.74, 6) is 1.28. The second kappa shape index (κ2) is 7.85. The molecule has 1 saturated carbocycles. The molecular formula is C27H31F3N2O3. The van der Waals surface area contributed by atoms with Gasteiger partial charge in [-0.2, -0.15) is 13.2 Å². The van der Waals surface area contributed by atoms with Crippen LogP contribution in [0.1, 0.15) is 36.0 Å². The molecule has 0 radical (unpaired) electrons. The molecule has 5 nitrogen and oxygen atoms in total. The largest absolute Gasteiger partial charge is 0.493 e. The molecule has 2 heterocycles. The third kappa shape index (κ3) is 3.26. The van der Waals surface area contributed by atoms with Gasteiger partial charge in [0, 0.05) is 30.7 Å². The first kappa shape index (κ1) is 23.1. The molecule has 5 atom stereocenters. The Morgan fingerprint density at radius 1 is 1.17 bits per heavy atom. The fourth-order valence-corrected chi connectivity index (χ4v) is 7.61. The molecule has 188 valence electrons. The first-order valence-electron chi connectivity index (χ1n) is 12.3. The van der Waals surface area contributed by atoms with Crippen molar-refractivity contribution >= 4 is 0 Å². The predicted octanol–water partition coefficient (Wildman–Crippen LogP) is 3.91. The second-order valence-electron chi connectivity index (χ2n) is 10.6. The number of likely N-dealkylation sites (tertiary alicyclic amines) is 1. The van der Waals surface area contributed by atoms with Crippen molar-refractivity contribution in [1.29, 1.82) is 0 Å². The van der Waals surface area contributed by atoms with E-state index < -0.39 is 29.8 Å². The third-order valence-electron chi connectivity index (χ3n) is 8.97. The molecule has 2 aromatic rings. The van der Waals surface area contributed by atoms with Gasteiger partial charge in [0.25, 0.3) is 0 Å². The number of halogens is 3. The van der Waals surface area contributed by atoms with Crippen molar-refractivity contribution in [3.63, 3.8) is 0 Å². The number of alkyl halides is 3. The maximum Gasteiger partial charge on any atom is 0.401 e. The Morgan fingerprint density at radius 3 is 2.66 bits per heavy atom. The number of hydrogen-bond acceptors (Lipinski definition) is 5. The highest BCUT2D eigenvalue weighted by molar-refractivity contribution is 5.63. The van der Waals surface area contributed by atoms with Gasteiger partial charge in [0.2, 0.25) is 0 Å². The predicted molar refractivity (Wildman–Crippen MR) is 125 cm³/mol. The number of ether oxygens (including phenoxy) is 2. The zero-order chi connectivity index (χ0) is 24.6. The SMILES string of the molecule is COc1ccc2c3c1O[C@H]1[C@H](N(C)Cc4ccccc4)CC[C@@]4(O)[C@@H](C2)N(CC(F)(F)F)CC[C@]314. The average Bonchev–Trinajstić information content (AvgIpc) is 3.16. The molecule has 2 bridgehead atoms. The summed E-state index contributed by atoms with van der Waals surface area (Å²) in [5.41, 5.74) is 1.06. The van der Waals surface area contributed by atoms with E-state index in [-0.39, 0.29) is 18.7 Å². The second-order valence-corrected chi connectivity index (χ2v) is 10.6. The quantitative estimate of drug-likeness (QED) is 0.692. The minimum absolute atomic E-state index is 0.00773. The van der Waals surface area contributed by atoms with Gasteiger partial charge in [0.05, 0.1) is 24.7 Å². The molecule has 1 N–H and O–H groups in total. The first-order valence-corrected chi connectivity index (χ1v) is 12.3. The first-order chi connectivity index (χ1) is 16.7. The number of aliphatic hydroxyl groups is 1. The zero-order valence-electron chi connectivity index (χ0n) is 20.0. The van der Waals surface area contributed by atoms with E-state index in [0.29, 0.717) is 37.2 Å². The van der Waals surface area contributed by atoms with Crippen LogP contribution in [0.25, 0.3) is 0 Å². The van der Waals surface area contributed by atoms with Gasteiger partial charge in [-0.25, -0.2) is 0 Å². The van der Waals surface area contributed by atoms with E-state index in [9.17, 15) is 18.3 Å². The van der Waals surface area contributed by atoms with E-state index in [0.717, 1.165) is 17.7 Å². The summed E-state index contributed by atoms with van der Waals surface area (Å²) >= 11 is 0. The number of rotatable bonds is 5. The van der Waals surface area contributed by atoms with Gasteiger partial charge in [0.1, 0.15) is 6.10 Å². The highest BCUT2D eigenvalue weighted by Crippen LogP contribution is 2.66. The van der Waals surface area contributed by atoms with Crippen LogP contribution in [0, 0.1) is 0 Å². The van der Waals surface area contributed by atoms with E-state index in [2.05, 4.69) is 24.1 Å². The minimum atomic E-state index is -4.31. The molecule has 2 aliphatic heterocycles. The molecule has 4 aliphatic rings. The number of hydrogen-bond donors (Lipinski definition) is 1. The van der Waals surface area contributed by atoms with Gasteiger partial charge in [-0.05, 0) is 49.9 Å². The Morgan fingerprint density at radius 2 is 1.94 bits per heavy atom. The van der Waals surface area contributed by atoms with Crippen molar-refractivity contribution in [2.75, 3.05) is 27.2 Å². The van der Waals surface area contributed by atoms with Gasteiger partial charge < -0.3 is 14.6 Å². The monoisotopic (exact) mass is 488 g/mol. The number of methoxy groups -OCH3 is 1. The molecule has 1 saturated heterocycles. The van der Waals surface area contributed by atoms with Crippen LogP contribution in [0.4, 0.5) is 13.2 Å². The van der Waals surface area contributed by atoms with Crippen LogP contribution in [0.15, 0.2) is 42.5 Å². The lowest BCUT2D eigenvalue weighted by Gasteiger charge is -2.64. The molecule has 8 heteroatoms. The standard InChI is InChI=1S/C27H31F3N2O3/c1-31(15-17-6-4-3-5-7-17)19-10-11-26(33)21-14-18-8-9-20(34-2)23-22(18)25(26,24(19)35-23)12-13-32(21)16-27(28,29)30/h3-9,19,21,24,33H,10-16H2,1-2H3/t19-,21-,24+,25+,26-/m1/s1. The van der Waals surface area contributed by atoms with Crippen LogP contribution in [-0.4, -0.2) is 72.1 Å². The summed E-state index contributed by atoms with van der Waals surface area (Å²) in [6.45, 7) is -0.00133. The van der Waals surface area contributed by atoms with E-state index in [1.807, 2.05) is 30.3 Å². The molecule has 1 spiro atoms. The molecule has 2 aromatic carbocycles. The van der Waals surface area contributed by atoms with Gasteiger partial charge in [0.15, 0.2) is 11.5 Å². The average molecular weight is 489 g/mol. The fraction of sp³-hybridized carbons (Fsp3) is 0.556. The summed E-state index contributed by atoms with van der Waals surface area (Å²) in [4.78, 5) is 3.74. The summed E-state index contributed by atoms with van der Waals surface area (Å²) in [6.07, 6.45) is -2.80. The van der Waals surface area contributed by atoms with Crippen molar-refractivity contribution in [3.8, 4) is 11.5 Å². The zero-order valence-corrected chi connectivity index (χ0v) is 20.0. The number of piperidine rings is 1. The molecule has 2 fully saturated rings. The van der Waals surface area contributed by atoms with Crippen molar-refractivity contribution in [2.45, 2.75) is 67.6 Å². The molecule has 6 rings (SSSR count). The van der Waals surface area contributed by atoms with Crippen LogP contribution in [0.3, 0.4) is 0 Å². The minimum Gasteiger partial charge on any atom is -0.493 e. The summed E-state index contributed by atoms with van der Waals surface area (Å²) < 4.78 is 52.8. The van der Waals surface area contributed by atoms with Crippen LogP contribution in [0.2, 0.25) is 0 Å². The Hall–Kier alpha value is -2.29. The molecule has 0 aromatic heterocycles. The molecule has 0 amide bonds. The number of benzene rings is 2. The lowest BCUT2D eigenvalue weighted by Crippen LogP contribution is -2.78. The van der Waals surface area contributed by atoms with E-state index in [1.54, 1.807) is 7.11 Å². The molecule has 0 unspecified atom stereocenters. The Kier molecular flexibility index (Phi) is 5.19. The maximum absolute atomic E-state index is 13.5. The third-order valence-corrected chi connectivity index (χ3v) is 8.97. The van der Waals surface area contributed by atoms with Crippen molar-refractivity contribution < 1.29 is 27.8 Å². The van der Waals surface area contributed by atoms with Gasteiger partial charge in [-0.1, -0.05) is 36.4 Å². The highest BCUT2D eigenvalue weighted by Gasteiger charge is 2.73. The van der Waals surface area contributed by atoms with E-state index in [4.69, 9.17) is 9.47 Å². The van der Waals surface area contributed by atoms with Gasteiger partial charge in [-0.15, -0.1) is 0 Å². The molecule has 2 aliphatic carbocycles. The van der Waals surface area contributed by atoms with Gasteiger partial charge >= 0.3 is 6.18 Å². The van der Waals surface area contributed by atoms with Crippen LogP contribution in [0.5, 0.6) is 11.5 Å². The van der Waals surface area contributed by atoms with Crippen molar-refractivity contribution in [3.05, 3.63) is 59.2 Å². The van der Waals surface area contributed by atoms with Crippen LogP contribution >= 0.6 is 0 Å². The lowest BCUT2D eigenvalue weighted by atomic mass is 9.48. The summed E-state index contributed by atoms with van der Waals surface area (Å²) in [5, 5.41) is 12.4. The highest BCUT2D eigenvalue weighted by atomic mass is 19.4. The fourth-order valence-electron chi connectivity index (χ4n) is 7.61. The van der Waals surface area contributed by atoms with E-state index >= 15 is 0 Å². The Bertz CT molecular complexity index is 1130. The smallest absolute Gasteiger partial charge is 0.401 e. The van der Waals surface area contributed by atoms with Gasteiger partial charge in [-0.3, -0.25) is 9.80 Å². The van der Waals surface area contributed by atoms with Crippen molar-refractivity contribution in [2.24, 2.45) is 0 Å². The number of likely N-dealkylation sites (N-methyl/N-ethyl adjacent to an activating group) is 1. The topological polar surface area (TPSA) is 45.2 Å². The lowest BCUT2D eigenvalue weighted by molar-refractivity contribution is -0.222. The Balaban J connectivity index is 1.44.